The monoisotopic (exact) mass is 352 g/mol. The Labute approximate surface area is 133 Å². The van der Waals surface area contributed by atoms with Crippen LogP contribution in [0, 0.1) is 5.92 Å². The molecule has 0 amide bonds. The third-order valence-electron chi connectivity index (χ3n) is 3.67. The number of rotatable bonds is 5. The van der Waals surface area contributed by atoms with Gasteiger partial charge in [0.05, 0.1) is 4.90 Å². The minimum atomic E-state index is -4.80. The van der Waals surface area contributed by atoms with Gasteiger partial charge < -0.3 is 10.1 Å². The second-order valence-corrected chi connectivity index (χ2v) is 7.39. The Kier molecular flexibility index (Phi) is 5.53. The van der Waals surface area contributed by atoms with Gasteiger partial charge >= 0.3 is 6.36 Å². The highest BCUT2D eigenvalue weighted by Gasteiger charge is 2.32. The number of sulfonamides is 1. The summed E-state index contributed by atoms with van der Waals surface area (Å²) >= 11 is 0. The summed E-state index contributed by atoms with van der Waals surface area (Å²) in [6.07, 6.45) is -3.08. The van der Waals surface area contributed by atoms with E-state index in [-0.39, 0.29) is 10.8 Å². The zero-order valence-electron chi connectivity index (χ0n) is 12.6. The van der Waals surface area contributed by atoms with E-state index in [0.29, 0.717) is 13.1 Å². The Morgan fingerprint density at radius 2 is 1.96 bits per heavy atom. The highest BCUT2D eigenvalue weighted by Crippen LogP contribution is 2.27. The summed E-state index contributed by atoms with van der Waals surface area (Å²) < 4.78 is 66.7. The maximum Gasteiger partial charge on any atom is 0.573 e. The third kappa shape index (κ3) is 4.82. The van der Waals surface area contributed by atoms with E-state index in [9.17, 15) is 21.6 Å². The molecule has 130 valence electrons. The van der Waals surface area contributed by atoms with Crippen LogP contribution in [0.25, 0.3) is 0 Å². The first-order chi connectivity index (χ1) is 10.7. The van der Waals surface area contributed by atoms with Crippen molar-refractivity contribution in [2.24, 2.45) is 5.92 Å². The minimum Gasteiger partial charge on any atom is -0.406 e. The van der Waals surface area contributed by atoms with E-state index in [1.165, 1.54) is 4.31 Å². The lowest BCUT2D eigenvalue weighted by molar-refractivity contribution is -0.274. The van der Waals surface area contributed by atoms with Crippen molar-refractivity contribution in [2.45, 2.75) is 24.1 Å². The average molecular weight is 352 g/mol. The molecule has 1 aromatic carbocycles. The molecule has 5 nitrogen and oxygen atoms in total. The Hall–Kier alpha value is -1.32. The van der Waals surface area contributed by atoms with Gasteiger partial charge in [-0.2, -0.15) is 4.31 Å². The van der Waals surface area contributed by atoms with Crippen LogP contribution in [-0.2, 0) is 10.0 Å². The molecule has 0 radical (unpaired) electrons. The standard InChI is InChI=1S/C14H19F3N2O3S/c1-18-9-11-3-2-8-19(10-11)23(20,21)13-6-4-12(5-7-13)22-14(15,16)17/h4-7,11,18H,2-3,8-10H2,1H3/t11-/m1/s1. The van der Waals surface area contributed by atoms with Crippen molar-refractivity contribution in [1.82, 2.24) is 9.62 Å². The summed E-state index contributed by atoms with van der Waals surface area (Å²) in [4.78, 5) is -0.0304. The van der Waals surface area contributed by atoms with Crippen LogP contribution < -0.4 is 10.1 Å². The largest absolute Gasteiger partial charge is 0.573 e. The maximum atomic E-state index is 12.6. The molecule has 23 heavy (non-hydrogen) atoms. The number of halogens is 3. The lowest BCUT2D eigenvalue weighted by Gasteiger charge is -2.31. The lowest BCUT2D eigenvalue weighted by atomic mass is 10.00. The topological polar surface area (TPSA) is 58.6 Å². The molecule has 1 N–H and O–H groups in total. The highest BCUT2D eigenvalue weighted by atomic mass is 32.2. The molecule has 0 spiro atoms. The molecule has 0 unspecified atom stereocenters. The number of hydrogen-bond donors (Lipinski definition) is 1. The van der Waals surface area contributed by atoms with Gasteiger partial charge in [0.25, 0.3) is 0 Å². The van der Waals surface area contributed by atoms with E-state index in [0.717, 1.165) is 43.7 Å². The molecule has 1 saturated heterocycles. The fourth-order valence-electron chi connectivity index (χ4n) is 2.66. The number of benzene rings is 1. The molecule has 1 aromatic rings. The molecule has 1 heterocycles. The molecule has 1 aliphatic heterocycles. The Balaban J connectivity index is 2.13. The van der Waals surface area contributed by atoms with Gasteiger partial charge in [-0.05, 0) is 56.6 Å². The summed E-state index contributed by atoms with van der Waals surface area (Å²) in [5, 5.41) is 3.03. The molecule has 1 fully saturated rings. The predicted molar refractivity (Wildman–Crippen MR) is 78.5 cm³/mol. The van der Waals surface area contributed by atoms with Crippen LogP contribution in [0.2, 0.25) is 0 Å². The SMILES string of the molecule is CNC[C@H]1CCCN(S(=O)(=O)c2ccc(OC(F)(F)F)cc2)C1. The molecule has 1 atom stereocenters. The van der Waals surface area contributed by atoms with E-state index >= 15 is 0 Å². The van der Waals surface area contributed by atoms with Crippen molar-refractivity contribution in [2.75, 3.05) is 26.7 Å². The number of nitrogens with zero attached hydrogens (tertiary/aromatic N) is 1. The van der Waals surface area contributed by atoms with E-state index in [1.807, 2.05) is 7.05 Å². The molecule has 2 rings (SSSR count). The van der Waals surface area contributed by atoms with Gasteiger partial charge in [-0.15, -0.1) is 13.2 Å². The van der Waals surface area contributed by atoms with Gasteiger partial charge in [-0.1, -0.05) is 0 Å². The highest BCUT2D eigenvalue weighted by molar-refractivity contribution is 7.89. The predicted octanol–water partition coefficient (Wildman–Crippen LogP) is 2.21. The van der Waals surface area contributed by atoms with Crippen molar-refractivity contribution < 1.29 is 26.3 Å². The summed E-state index contributed by atoms with van der Waals surface area (Å²) in [5.41, 5.74) is 0. The van der Waals surface area contributed by atoms with Gasteiger partial charge in [0.15, 0.2) is 0 Å². The van der Waals surface area contributed by atoms with Gasteiger partial charge in [-0.25, -0.2) is 8.42 Å². The molecule has 9 heteroatoms. The molecular weight excluding hydrogens is 333 g/mol. The number of hydrogen-bond acceptors (Lipinski definition) is 4. The molecule has 0 aromatic heterocycles. The van der Waals surface area contributed by atoms with Gasteiger partial charge in [0.1, 0.15) is 5.75 Å². The van der Waals surface area contributed by atoms with Crippen LogP contribution in [0.4, 0.5) is 13.2 Å². The van der Waals surface area contributed by atoms with Crippen LogP contribution >= 0.6 is 0 Å². The van der Waals surface area contributed by atoms with Crippen molar-refractivity contribution in [3.63, 3.8) is 0 Å². The van der Waals surface area contributed by atoms with E-state index in [2.05, 4.69) is 10.1 Å². The zero-order valence-corrected chi connectivity index (χ0v) is 13.5. The van der Waals surface area contributed by atoms with Crippen LogP contribution in [0.3, 0.4) is 0 Å². The van der Waals surface area contributed by atoms with Crippen molar-refractivity contribution >= 4 is 10.0 Å². The van der Waals surface area contributed by atoms with Crippen LogP contribution in [0.5, 0.6) is 5.75 Å². The van der Waals surface area contributed by atoms with E-state index in [1.54, 1.807) is 0 Å². The Morgan fingerprint density at radius 3 is 2.52 bits per heavy atom. The number of piperidine rings is 1. The number of nitrogens with one attached hydrogen (secondary N) is 1. The van der Waals surface area contributed by atoms with Crippen LogP contribution in [0.15, 0.2) is 29.2 Å². The first kappa shape index (κ1) is 18.0. The average Bonchev–Trinajstić information content (AvgIpc) is 2.47. The van der Waals surface area contributed by atoms with Gasteiger partial charge in [0, 0.05) is 13.1 Å². The lowest BCUT2D eigenvalue weighted by Crippen LogP contribution is -2.42. The van der Waals surface area contributed by atoms with Crippen LogP contribution in [0.1, 0.15) is 12.8 Å². The van der Waals surface area contributed by atoms with Crippen LogP contribution in [-0.4, -0.2) is 45.8 Å². The summed E-state index contributed by atoms with van der Waals surface area (Å²) in [6.45, 7) is 1.55. The summed E-state index contributed by atoms with van der Waals surface area (Å²) in [7, 11) is -1.89. The normalized spacial score (nSPS) is 20.4. The number of ether oxygens (including phenoxy) is 1. The quantitative estimate of drug-likeness (QED) is 0.883. The molecule has 1 aliphatic rings. The van der Waals surface area contributed by atoms with Gasteiger partial charge in [0.2, 0.25) is 10.0 Å². The smallest absolute Gasteiger partial charge is 0.406 e. The Morgan fingerprint density at radius 1 is 1.30 bits per heavy atom. The molecule has 0 saturated carbocycles. The fraction of sp³-hybridized carbons (Fsp3) is 0.571. The van der Waals surface area contributed by atoms with Gasteiger partial charge in [-0.3, -0.25) is 0 Å². The first-order valence-electron chi connectivity index (χ1n) is 7.23. The Bertz CT molecular complexity index is 615. The molecule has 0 aliphatic carbocycles. The maximum absolute atomic E-state index is 12.6. The third-order valence-corrected chi connectivity index (χ3v) is 5.55. The summed E-state index contributed by atoms with van der Waals surface area (Å²) in [6, 6.07) is 4.29. The summed E-state index contributed by atoms with van der Waals surface area (Å²) in [5.74, 6) is -0.209. The zero-order chi connectivity index (χ0) is 17.1. The second kappa shape index (κ2) is 7.06. The first-order valence-corrected chi connectivity index (χ1v) is 8.67. The molecular formula is C14H19F3N2O3S. The second-order valence-electron chi connectivity index (χ2n) is 5.45. The van der Waals surface area contributed by atoms with Crippen molar-refractivity contribution in [3.8, 4) is 5.75 Å². The van der Waals surface area contributed by atoms with E-state index < -0.39 is 22.1 Å². The van der Waals surface area contributed by atoms with E-state index in [4.69, 9.17) is 0 Å². The number of alkyl halides is 3. The molecule has 0 bridgehead atoms. The van der Waals surface area contributed by atoms with Crippen molar-refractivity contribution in [3.05, 3.63) is 24.3 Å². The van der Waals surface area contributed by atoms with Crippen molar-refractivity contribution in [1.29, 1.82) is 0 Å². The minimum absolute atomic E-state index is 0.0304. The fourth-order valence-corrected chi connectivity index (χ4v) is 4.22.